The lowest BCUT2D eigenvalue weighted by Crippen LogP contribution is -2.17. The zero-order valence-corrected chi connectivity index (χ0v) is 13.4. The molecular formula is C15H8F4N2O4S. The van der Waals surface area contributed by atoms with Gasteiger partial charge in [-0.15, -0.1) is 0 Å². The molecule has 0 unspecified atom stereocenters. The van der Waals surface area contributed by atoms with Gasteiger partial charge in [-0.2, -0.15) is 0 Å². The van der Waals surface area contributed by atoms with E-state index in [9.17, 15) is 30.8 Å². The van der Waals surface area contributed by atoms with E-state index in [1.807, 2.05) is 0 Å². The summed E-state index contributed by atoms with van der Waals surface area (Å²) in [5.74, 6) is -6.45. The van der Waals surface area contributed by atoms with Crippen molar-refractivity contribution in [3.8, 4) is 16.9 Å². The van der Waals surface area contributed by atoms with Crippen LogP contribution in [0.15, 0.2) is 50.7 Å². The van der Waals surface area contributed by atoms with Crippen LogP contribution in [-0.2, 0) is 10.0 Å². The van der Waals surface area contributed by atoms with Gasteiger partial charge in [0.2, 0.25) is 10.0 Å². The highest BCUT2D eigenvalue weighted by atomic mass is 32.2. The first-order valence-corrected chi connectivity index (χ1v) is 8.32. The van der Waals surface area contributed by atoms with Gasteiger partial charge >= 0.3 is 5.76 Å². The molecule has 0 saturated carbocycles. The van der Waals surface area contributed by atoms with Crippen molar-refractivity contribution in [2.45, 2.75) is 4.90 Å². The van der Waals surface area contributed by atoms with E-state index in [0.717, 1.165) is 23.0 Å². The monoisotopic (exact) mass is 388 g/mol. The summed E-state index contributed by atoms with van der Waals surface area (Å²) in [6, 6.07) is 3.71. The average Bonchev–Trinajstić information content (AvgIpc) is 2.89. The zero-order chi connectivity index (χ0) is 19.2. The van der Waals surface area contributed by atoms with E-state index in [1.165, 1.54) is 0 Å². The number of hydrogen-bond donors (Lipinski definition) is 1. The molecule has 11 heteroatoms. The van der Waals surface area contributed by atoms with E-state index in [2.05, 4.69) is 4.42 Å². The standard InChI is InChI=1S/C15H8F4N2O4S/c16-9-2-1-8(5-10(9)17)21-13(6-25-15(21)22)7-3-11(18)14(12(19)4-7)26(20,23)24/h1-6H,(H2,20,23,24). The maximum absolute atomic E-state index is 14.0. The smallest absolute Gasteiger partial charge is 0.415 e. The SMILES string of the molecule is NS(=O)(=O)c1c(F)cc(-c2coc(=O)n2-c2ccc(F)c(F)c2)cc1F. The molecule has 0 spiro atoms. The number of sulfonamides is 1. The molecule has 1 heterocycles. The van der Waals surface area contributed by atoms with Crippen LogP contribution >= 0.6 is 0 Å². The molecular weight excluding hydrogens is 380 g/mol. The quantitative estimate of drug-likeness (QED) is 0.697. The average molecular weight is 388 g/mol. The molecule has 0 saturated heterocycles. The maximum atomic E-state index is 14.0. The second kappa shape index (κ2) is 6.11. The summed E-state index contributed by atoms with van der Waals surface area (Å²) >= 11 is 0. The van der Waals surface area contributed by atoms with E-state index in [4.69, 9.17) is 5.14 Å². The summed E-state index contributed by atoms with van der Waals surface area (Å²) in [6.07, 6.45) is 0.828. The Morgan fingerprint density at radius 3 is 2.08 bits per heavy atom. The van der Waals surface area contributed by atoms with Crippen LogP contribution in [0.4, 0.5) is 17.6 Å². The zero-order valence-electron chi connectivity index (χ0n) is 12.5. The highest BCUT2D eigenvalue weighted by molar-refractivity contribution is 7.89. The molecule has 0 aliphatic rings. The molecule has 136 valence electrons. The van der Waals surface area contributed by atoms with E-state index >= 15 is 0 Å². The Labute approximate surface area is 143 Å². The Hall–Kier alpha value is -2.92. The summed E-state index contributed by atoms with van der Waals surface area (Å²) in [4.78, 5) is 10.5. The second-order valence-electron chi connectivity index (χ2n) is 5.13. The molecule has 2 N–H and O–H groups in total. The predicted molar refractivity (Wildman–Crippen MR) is 80.9 cm³/mol. The number of aromatic nitrogens is 1. The summed E-state index contributed by atoms with van der Waals surface area (Å²) < 4.78 is 82.4. The third-order valence-electron chi connectivity index (χ3n) is 3.43. The first-order chi connectivity index (χ1) is 12.1. The largest absolute Gasteiger partial charge is 0.424 e. The van der Waals surface area contributed by atoms with E-state index < -0.39 is 43.9 Å². The van der Waals surface area contributed by atoms with Gasteiger partial charge in [0.25, 0.3) is 0 Å². The van der Waals surface area contributed by atoms with Gasteiger partial charge in [-0.05, 0) is 24.3 Å². The third kappa shape index (κ3) is 3.02. The predicted octanol–water partition coefficient (Wildman–Crippen LogP) is 2.30. The van der Waals surface area contributed by atoms with E-state index in [-0.39, 0.29) is 16.9 Å². The summed E-state index contributed by atoms with van der Waals surface area (Å²) in [5, 5.41) is 4.74. The first kappa shape index (κ1) is 17.9. The van der Waals surface area contributed by atoms with Crippen LogP contribution in [0.2, 0.25) is 0 Å². The van der Waals surface area contributed by atoms with Crippen molar-refractivity contribution >= 4 is 10.0 Å². The molecule has 0 amide bonds. The van der Waals surface area contributed by atoms with E-state index in [1.54, 1.807) is 0 Å². The van der Waals surface area contributed by atoms with Crippen LogP contribution in [0.25, 0.3) is 16.9 Å². The lowest BCUT2D eigenvalue weighted by atomic mass is 10.1. The van der Waals surface area contributed by atoms with Crippen molar-refractivity contribution in [1.82, 2.24) is 4.57 Å². The number of nitrogens with two attached hydrogens (primary N) is 1. The Balaban J connectivity index is 2.24. The molecule has 0 fully saturated rings. The molecule has 0 aliphatic carbocycles. The van der Waals surface area contributed by atoms with Crippen molar-refractivity contribution in [3.05, 3.63) is 70.4 Å². The lowest BCUT2D eigenvalue weighted by Gasteiger charge is -2.09. The highest BCUT2D eigenvalue weighted by Crippen LogP contribution is 2.28. The van der Waals surface area contributed by atoms with Crippen LogP contribution in [0.1, 0.15) is 0 Å². The second-order valence-corrected chi connectivity index (χ2v) is 6.63. The molecule has 6 nitrogen and oxygen atoms in total. The molecule has 3 aromatic rings. The molecule has 2 aromatic carbocycles. The van der Waals surface area contributed by atoms with Gasteiger partial charge in [0, 0.05) is 11.6 Å². The molecule has 26 heavy (non-hydrogen) atoms. The fourth-order valence-electron chi connectivity index (χ4n) is 2.36. The molecule has 0 bridgehead atoms. The van der Waals surface area contributed by atoms with Crippen molar-refractivity contribution in [2.24, 2.45) is 5.14 Å². The number of hydrogen-bond acceptors (Lipinski definition) is 4. The van der Waals surface area contributed by atoms with Crippen LogP contribution in [-0.4, -0.2) is 13.0 Å². The third-order valence-corrected chi connectivity index (χ3v) is 4.39. The molecule has 3 rings (SSSR count). The van der Waals surface area contributed by atoms with Crippen molar-refractivity contribution in [1.29, 1.82) is 0 Å². The molecule has 0 radical (unpaired) electrons. The number of rotatable bonds is 3. The number of benzene rings is 2. The summed E-state index contributed by atoms with van der Waals surface area (Å²) in [5.41, 5.74) is -0.684. The summed E-state index contributed by atoms with van der Waals surface area (Å²) in [6.45, 7) is 0. The van der Waals surface area contributed by atoms with Gasteiger partial charge in [0.1, 0.15) is 17.9 Å². The first-order valence-electron chi connectivity index (χ1n) is 6.78. The Morgan fingerprint density at radius 1 is 0.923 bits per heavy atom. The van der Waals surface area contributed by atoms with Gasteiger partial charge < -0.3 is 4.42 Å². The molecule has 0 atom stereocenters. The normalized spacial score (nSPS) is 11.7. The van der Waals surface area contributed by atoms with Crippen LogP contribution in [0.5, 0.6) is 0 Å². The topological polar surface area (TPSA) is 95.3 Å². The van der Waals surface area contributed by atoms with Crippen molar-refractivity contribution in [3.63, 3.8) is 0 Å². The van der Waals surface area contributed by atoms with Gasteiger partial charge in [0.15, 0.2) is 16.5 Å². The van der Waals surface area contributed by atoms with Crippen LogP contribution < -0.4 is 10.9 Å². The highest BCUT2D eigenvalue weighted by Gasteiger charge is 2.23. The molecule has 0 aliphatic heterocycles. The number of primary sulfonamides is 1. The van der Waals surface area contributed by atoms with Crippen LogP contribution in [0.3, 0.4) is 0 Å². The Kier molecular flexibility index (Phi) is 4.20. The van der Waals surface area contributed by atoms with Gasteiger partial charge in [0.05, 0.1) is 11.4 Å². The van der Waals surface area contributed by atoms with Crippen molar-refractivity contribution in [2.75, 3.05) is 0 Å². The van der Waals surface area contributed by atoms with Gasteiger partial charge in [-0.1, -0.05) is 0 Å². The minimum Gasteiger partial charge on any atom is -0.415 e. The fraction of sp³-hybridized carbons (Fsp3) is 0. The Bertz CT molecular complexity index is 1160. The van der Waals surface area contributed by atoms with Gasteiger partial charge in [-0.25, -0.2) is 40.5 Å². The van der Waals surface area contributed by atoms with Crippen molar-refractivity contribution < 1.29 is 30.4 Å². The number of oxazole rings is 1. The van der Waals surface area contributed by atoms with Gasteiger partial charge in [-0.3, -0.25) is 0 Å². The lowest BCUT2D eigenvalue weighted by molar-refractivity contribution is 0.498. The van der Waals surface area contributed by atoms with E-state index in [0.29, 0.717) is 18.2 Å². The number of nitrogens with zero attached hydrogens (tertiary/aromatic N) is 1. The fourth-order valence-corrected chi connectivity index (χ4v) is 3.02. The Morgan fingerprint density at radius 2 is 1.54 bits per heavy atom. The summed E-state index contributed by atoms with van der Waals surface area (Å²) in [7, 11) is -4.66. The number of halogens is 4. The van der Waals surface area contributed by atoms with Crippen LogP contribution in [0, 0.1) is 23.3 Å². The molecule has 1 aromatic heterocycles. The maximum Gasteiger partial charge on any atom is 0.424 e. The minimum atomic E-state index is -4.66. The minimum absolute atomic E-state index is 0.172.